The van der Waals surface area contributed by atoms with Crippen LogP contribution in [-0.2, 0) is 13.0 Å². The lowest BCUT2D eigenvalue weighted by Crippen LogP contribution is -2.21. The van der Waals surface area contributed by atoms with E-state index >= 15 is 0 Å². The van der Waals surface area contributed by atoms with Gasteiger partial charge in [-0.2, -0.15) is 0 Å². The number of rotatable bonds is 6. The second kappa shape index (κ2) is 6.63. The van der Waals surface area contributed by atoms with Gasteiger partial charge in [-0.15, -0.1) is 11.3 Å². The van der Waals surface area contributed by atoms with Crippen molar-refractivity contribution >= 4 is 17.3 Å². The van der Waals surface area contributed by atoms with Crippen LogP contribution < -0.4 is 0 Å². The minimum absolute atomic E-state index is 0.413. The minimum atomic E-state index is -0.847. The summed E-state index contributed by atoms with van der Waals surface area (Å²) in [7, 11) is 2.04. The van der Waals surface area contributed by atoms with Crippen molar-refractivity contribution in [2.45, 2.75) is 19.9 Å². The van der Waals surface area contributed by atoms with E-state index in [-0.39, 0.29) is 0 Å². The molecule has 0 bridgehead atoms. The summed E-state index contributed by atoms with van der Waals surface area (Å²) >= 11 is 1.34. The highest BCUT2D eigenvalue weighted by atomic mass is 32.1. The number of nitrogens with zero attached hydrogens (tertiary/aromatic N) is 2. The van der Waals surface area contributed by atoms with Crippen molar-refractivity contribution in [2.24, 2.45) is 0 Å². The van der Waals surface area contributed by atoms with Gasteiger partial charge in [0.1, 0.15) is 4.88 Å². The third-order valence-corrected chi connectivity index (χ3v) is 4.23. The van der Waals surface area contributed by atoms with Gasteiger partial charge in [0.05, 0.1) is 0 Å². The number of carboxylic acids is 1. The molecular formula is C15H18N2O2S. The lowest BCUT2D eigenvalue weighted by atomic mass is 10.2. The number of carbonyl (C=O) groups is 1. The van der Waals surface area contributed by atoms with Crippen molar-refractivity contribution in [2.75, 3.05) is 13.6 Å². The molecule has 2 heterocycles. The number of carboxylic acid groups (broad SMARTS) is 1. The van der Waals surface area contributed by atoms with E-state index in [0.717, 1.165) is 35.6 Å². The lowest BCUT2D eigenvalue weighted by Gasteiger charge is -2.16. The number of pyridine rings is 1. The van der Waals surface area contributed by atoms with Gasteiger partial charge in [-0.25, -0.2) is 4.79 Å². The van der Waals surface area contributed by atoms with Crippen LogP contribution in [-0.4, -0.2) is 34.6 Å². The largest absolute Gasteiger partial charge is 0.477 e. The molecule has 20 heavy (non-hydrogen) atoms. The first-order valence-electron chi connectivity index (χ1n) is 6.47. The standard InChI is InChI=1S/C15H18N2O2S/c1-11-12(9-14(20-11)15(18)19)10-17(2)8-6-13-5-3-4-7-16-13/h3-5,7,9H,6,8,10H2,1-2H3,(H,18,19). The molecule has 0 atom stereocenters. The van der Waals surface area contributed by atoms with Crippen molar-refractivity contribution in [1.29, 1.82) is 0 Å². The minimum Gasteiger partial charge on any atom is -0.477 e. The number of hydrogen-bond acceptors (Lipinski definition) is 4. The van der Waals surface area contributed by atoms with E-state index in [0.29, 0.717) is 4.88 Å². The average Bonchev–Trinajstić information content (AvgIpc) is 2.79. The van der Waals surface area contributed by atoms with E-state index < -0.39 is 5.97 Å². The van der Waals surface area contributed by atoms with E-state index in [1.54, 1.807) is 12.3 Å². The van der Waals surface area contributed by atoms with Crippen LogP contribution in [0.1, 0.15) is 25.8 Å². The van der Waals surface area contributed by atoms with E-state index in [4.69, 9.17) is 5.11 Å². The maximum atomic E-state index is 11.0. The second-order valence-electron chi connectivity index (χ2n) is 4.81. The Bertz CT molecular complexity index is 581. The molecule has 0 saturated heterocycles. The Hall–Kier alpha value is -1.72. The number of thiophene rings is 1. The third-order valence-electron chi connectivity index (χ3n) is 3.15. The molecule has 4 nitrogen and oxygen atoms in total. The molecule has 106 valence electrons. The monoisotopic (exact) mass is 290 g/mol. The molecule has 0 aliphatic carbocycles. The number of likely N-dealkylation sites (N-methyl/N-ethyl adjacent to an activating group) is 1. The fourth-order valence-corrected chi connectivity index (χ4v) is 2.88. The molecule has 0 amide bonds. The lowest BCUT2D eigenvalue weighted by molar-refractivity contribution is 0.0702. The van der Waals surface area contributed by atoms with E-state index in [9.17, 15) is 4.79 Å². The van der Waals surface area contributed by atoms with Crippen molar-refractivity contribution in [3.05, 3.63) is 51.5 Å². The molecule has 0 radical (unpaired) electrons. The Morgan fingerprint density at radius 1 is 1.45 bits per heavy atom. The molecule has 0 aliphatic rings. The summed E-state index contributed by atoms with van der Waals surface area (Å²) in [5, 5.41) is 9.00. The highest BCUT2D eigenvalue weighted by molar-refractivity contribution is 7.14. The first-order valence-corrected chi connectivity index (χ1v) is 7.29. The van der Waals surface area contributed by atoms with Gasteiger partial charge in [-0.05, 0) is 37.7 Å². The van der Waals surface area contributed by atoms with Gasteiger partial charge in [-0.3, -0.25) is 4.98 Å². The van der Waals surface area contributed by atoms with Crippen LogP contribution in [0.5, 0.6) is 0 Å². The maximum absolute atomic E-state index is 11.0. The highest BCUT2D eigenvalue weighted by Gasteiger charge is 2.12. The van der Waals surface area contributed by atoms with Crippen LogP contribution in [0.4, 0.5) is 0 Å². The Morgan fingerprint density at radius 2 is 2.25 bits per heavy atom. The van der Waals surface area contributed by atoms with Gasteiger partial charge in [0.25, 0.3) is 0 Å². The van der Waals surface area contributed by atoms with Gasteiger partial charge in [0, 0.05) is 36.3 Å². The van der Waals surface area contributed by atoms with Crippen molar-refractivity contribution in [3.63, 3.8) is 0 Å². The Kier molecular flexibility index (Phi) is 4.87. The molecule has 0 saturated carbocycles. The first-order chi connectivity index (χ1) is 9.56. The Morgan fingerprint density at radius 3 is 2.85 bits per heavy atom. The molecule has 1 N–H and O–H groups in total. The molecule has 2 aromatic heterocycles. The van der Waals surface area contributed by atoms with Gasteiger partial charge < -0.3 is 10.0 Å². The second-order valence-corrected chi connectivity index (χ2v) is 6.06. The van der Waals surface area contributed by atoms with Gasteiger partial charge in [0.15, 0.2) is 0 Å². The van der Waals surface area contributed by atoms with Crippen LogP contribution in [0.2, 0.25) is 0 Å². The zero-order valence-corrected chi connectivity index (χ0v) is 12.5. The van der Waals surface area contributed by atoms with E-state index in [2.05, 4.69) is 9.88 Å². The zero-order valence-electron chi connectivity index (χ0n) is 11.7. The van der Waals surface area contributed by atoms with Crippen LogP contribution >= 0.6 is 11.3 Å². The fraction of sp³-hybridized carbons (Fsp3) is 0.333. The van der Waals surface area contributed by atoms with Crippen LogP contribution in [0, 0.1) is 6.92 Å². The highest BCUT2D eigenvalue weighted by Crippen LogP contribution is 2.22. The molecule has 0 spiro atoms. The summed E-state index contributed by atoms with van der Waals surface area (Å²) in [4.78, 5) is 18.9. The smallest absolute Gasteiger partial charge is 0.345 e. The molecule has 0 aromatic carbocycles. The molecule has 2 aromatic rings. The molecule has 0 fully saturated rings. The average molecular weight is 290 g/mol. The predicted octanol–water partition coefficient (Wildman–Crippen LogP) is 2.82. The summed E-state index contributed by atoms with van der Waals surface area (Å²) in [6.45, 7) is 3.64. The van der Waals surface area contributed by atoms with E-state index in [1.807, 2.05) is 32.2 Å². The molecule has 0 unspecified atom stereocenters. The van der Waals surface area contributed by atoms with Crippen molar-refractivity contribution in [3.8, 4) is 0 Å². The van der Waals surface area contributed by atoms with Crippen molar-refractivity contribution < 1.29 is 9.90 Å². The summed E-state index contributed by atoms with van der Waals surface area (Å²) in [6.07, 6.45) is 2.70. The number of aryl methyl sites for hydroxylation is 1. The fourth-order valence-electron chi connectivity index (χ4n) is 2.00. The Balaban J connectivity index is 1.91. The van der Waals surface area contributed by atoms with Crippen LogP contribution in [0.25, 0.3) is 0 Å². The van der Waals surface area contributed by atoms with Crippen molar-refractivity contribution in [1.82, 2.24) is 9.88 Å². The SMILES string of the molecule is Cc1sc(C(=O)O)cc1CN(C)CCc1ccccn1. The van der Waals surface area contributed by atoms with Gasteiger partial charge >= 0.3 is 5.97 Å². The quantitative estimate of drug-likeness (QED) is 0.889. The number of aromatic nitrogens is 1. The summed E-state index contributed by atoms with van der Waals surface area (Å²) in [5.74, 6) is -0.847. The van der Waals surface area contributed by atoms with Crippen LogP contribution in [0.15, 0.2) is 30.5 Å². The normalized spacial score (nSPS) is 10.9. The topological polar surface area (TPSA) is 53.4 Å². The van der Waals surface area contributed by atoms with Crippen LogP contribution in [0.3, 0.4) is 0 Å². The summed E-state index contributed by atoms with van der Waals surface area (Å²) in [6, 6.07) is 7.70. The first kappa shape index (κ1) is 14.7. The van der Waals surface area contributed by atoms with Gasteiger partial charge in [-0.1, -0.05) is 6.07 Å². The molecule has 2 rings (SSSR count). The third kappa shape index (κ3) is 3.88. The van der Waals surface area contributed by atoms with Gasteiger partial charge in [0.2, 0.25) is 0 Å². The number of aromatic carboxylic acids is 1. The summed E-state index contributed by atoms with van der Waals surface area (Å²) in [5.41, 5.74) is 2.17. The molecule has 5 heteroatoms. The summed E-state index contributed by atoms with van der Waals surface area (Å²) < 4.78 is 0. The Labute approximate surface area is 122 Å². The molecule has 0 aliphatic heterocycles. The predicted molar refractivity (Wildman–Crippen MR) is 80.3 cm³/mol. The van der Waals surface area contributed by atoms with E-state index in [1.165, 1.54) is 11.3 Å². The zero-order chi connectivity index (χ0) is 14.5. The molecular weight excluding hydrogens is 272 g/mol. The maximum Gasteiger partial charge on any atom is 0.345 e. The number of hydrogen-bond donors (Lipinski definition) is 1.